The van der Waals surface area contributed by atoms with Crippen molar-refractivity contribution in [3.63, 3.8) is 0 Å². The molecule has 0 spiro atoms. The number of anilines is 1. The number of carbonyl (C=O) groups is 1. The third kappa shape index (κ3) is 4.07. The van der Waals surface area contributed by atoms with E-state index in [1.165, 1.54) is 0 Å². The first-order valence-corrected chi connectivity index (χ1v) is 7.48. The molecule has 1 amide bonds. The van der Waals surface area contributed by atoms with E-state index in [0.29, 0.717) is 23.8 Å². The predicted molar refractivity (Wildman–Crippen MR) is 79.3 cm³/mol. The predicted octanol–water partition coefficient (Wildman–Crippen LogP) is 1.32. The lowest BCUT2D eigenvalue weighted by Gasteiger charge is -2.18. The van der Waals surface area contributed by atoms with Crippen molar-refractivity contribution in [3.8, 4) is 0 Å². The average Bonchev–Trinajstić information content (AvgIpc) is 2.42. The van der Waals surface area contributed by atoms with Crippen LogP contribution < -0.4 is 11.3 Å². The Morgan fingerprint density at radius 3 is 2.79 bits per heavy atom. The van der Waals surface area contributed by atoms with Crippen LogP contribution in [0.1, 0.15) is 36.1 Å². The van der Waals surface area contributed by atoms with Gasteiger partial charge in [-0.05, 0) is 6.26 Å². The third-order valence-electron chi connectivity index (χ3n) is 2.66. The van der Waals surface area contributed by atoms with E-state index in [-0.39, 0.29) is 11.8 Å². The zero-order valence-corrected chi connectivity index (χ0v) is 12.6. The van der Waals surface area contributed by atoms with Crippen LogP contribution in [-0.4, -0.2) is 46.4 Å². The van der Waals surface area contributed by atoms with E-state index in [4.69, 9.17) is 5.84 Å². The Balaban J connectivity index is 3.02. The molecule has 1 aromatic heterocycles. The molecule has 7 heteroatoms. The fraction of sp³-hybridized carbons (Fsp3) is 0.583. The van der Waals surface area contributed by atoms with Gasteiger partial charge in [0.25, 0.3) is 5.91 Å². The largest absolute Gasteiger partial charge is 0.339 e. The van der Waals surface area contributed by atoms with Gasteiger partial charge in [-0.25, -0.2) is 9.97 Å². The summed E-state index contributed by atoms with van der Waals surface area (Å²) in [5.74, 6) is 6.95. The molecule has 19 heavy (non-hydrogen) atoms. The van der Waals surface area contributed by atoms with Crippen LogP contribution in [0, 0.1) is 0 Å². The fourth-order valence-electron chi connectivity index (χ4n) is 1.45. The zero-order valence-electron chi connectivity index (χ0n) is 11.8. The van der Waals surface area contributed by atoms with E-state index >= 15 is 0 Å². The molecular weight excluding hydrogens is 262 g/mol. The molecule has 6 nitrogen and oxygen atoms in total. The van der Waals surface area contributed by atoms with Gasteiger partial charge in [-0.3, -0.25) is 10.6 Å². The van der Waals surface area contributed by atoms with Crippen molar-refractivity contribution in [1.29, 1.82) is 0 Å². The fourth-order valence-corrected chi connectivity index (χ4v) is 1.91. The van der Waals surface area contributed by atoms with Crippen molar-refractivity contribution in [1.82, 2.24) is 14.9 Å². The summed E-state index contributed by atoms with van der Waals surface area (Å²) in [6.45, 7) is 4.64. The van der Waals surface area contributed by atoms with Crippen LogP contribution in [0.4, 0.5) is 5.69 Å². The molecule has 0 aliphatic heterocycles. The molecule has 0 aromatic carbocycles. The maximum atomic E-state index is 12.3. The van der Waals surface area contributed by atoms with Gasteiger partial charge in [0, 0.05) is 25.3 Å². The second-order valence-electron chi connectivity index (χ2n) is 4.51. The number of rotatable bonds is 6. The summed E-state index contributed by atoms with van der Waals surface area (Å²) in [6.07, 6.45) is 3.56. The van der Waals surface area contributed by atoms with E-state index in [1.54, 1.807) is 29.9 Å². The lowest BCUT2D eigenvalue weighted by atomic mass is 10.2. The van der Waals surface area contributed by atoms with Gasteiger partial charge in [-0.15, -0.1) is 0 Å². The number of nitrogens with one attached hydrogen (secondary N) is 1. The Morgan fingerprint density at radius 1 is 1.58 bits per heavy atom. The number of amides is 1. The topological polar surface area (TPSA) is 84.1 Å². The van der Waals surface area contributed by atoms with E-state index in [9.17, 15) is 4.79 Å². The monoisotopic (exact) mass is 283 g/mol. The van der Waals surface area contributed by atoms with Gasteiger partial charge in [0.2, 0.25) is 0 Å². The van der Waals surface area contributed by atoms with Crippen LogP contribution >= 0.6 is 11.8 Å². The van der Waals surface area contributed by atoms with Crippen LogP contribution in [-0.2, 0) is 0 Å². The van der Waals surface area contributed by atoms with Crippen LogP contribution in [0.15, 0.2) is 6.20 Å². The number of hydrazine groups is 1. The summed E-state index contributed by atoms with van der Waals surface area (Å²) in [5.41, 5.74) is 3.25. The first-order chi connectivity index (χ1) is 9.01. The van der Waals surface area contributed by atoms with Crippen LogP contribution in [0.5, 0.6) is 0 Å². The highest BCUT2D eigenvalue weighted by Crippen LogP contribution is 2.17. The molecule has 0 saturated heterocycles. The van der Waals surface area contributed by atoms with Crippen molar-refractivity contribution in [2.75, 3.05) is 31.0 Å². The number of nitrogens with zero attached hydrogens (tertiary/aromatic N) is 3. The van der Waals surface area contributed by atoms with Gasteiger partial charge >= 0.3 is 0 Å². The summed E-state index contributed by atoms with van der Waals surface area (Å²) in [6, 6.07) is 0. The van der Waals surface area contributed by atoms with Crippen molar-refractivity contribution in [2.24, 2.45) is 5.84 Å². The second-order valence-corrected chi connectivity index (χ2v) is 5.49. The number of nitrogens with two attached hydrogens (primary N) is 1. The first kappa shape index (κ1) is 15.7. The second kappa shape index (κ2) is 7.30. The molecule has 0 atom stereocenters. The SMILES string of the molecule is CSCCN(C)C(=O)c1nc(C(C)C)ncc1NN. The number of aromatic nitrogens is 2. The maximum absolute atomic E-state index is 12.3. The van der Waals surface area contributed by atoms with Gasteiger partial charge in [0.1, 0.15) is 5.82 Å². The minimum atomic E-state index is -0.147. The highest BCUT2D eigenvalue weighted by atomic mass is 32.2. The van der Waals surface area contributed by atoms with Crippen molar-refractivity contribution < 1.29 is 4.79 Å². The molecular formula is C12H21N5OS. The Bertz CT molecular complexity index is 438. The van der Waals surface area contributed by atoms with E-state index in [2.05, 4.69) is 15.4 Å². The summed E-state index contributed by atoms with van der Waals surface area (Å²) in [4.78, 5) is 22.5. The Kier molecular flexibility index (Phi) is 6.04. The standard InChI is InChI=1S/C12H21N5OS/c1-8(2)11-14-7-9(16-13)10(15-11)12(18)17(3)5-6-19-4/h7-8,16H,5-6,13H2,1-4H3. The van der Waals surface area contributed by atoms with Crippen LogP contribution in [0.2, 0.25) is 0 Å². The minimum Gasteiger partial charge on any atom is -0.339 e. The number of hydrogen-bond donors (Lipinski definition) is 2. The molecule has 1 heterocycles. The van der Waals surface area contributed by atoms with E-state index in [1.807, 2.05) is 20.1 Å². The molecule has 0 saturated carbocycles. The number of hydrogen-bond acceptors (Lipinski definition) is 6. The van der Waals surface area contributed by atoms with Crippen molar-refractivity contribution in [2.45, 2.75) is 19.8 Å². The molecule has 106 valence electrons. The normalized spacial score (nSPS) is 10.6. The zero-order chi connectivity index (χ0) is 14.4. The van der Waals surface area contributed by atoms with Crippen LogP contribution in [0.25, 0.3) is 0 Å². The third-order valence-corrected chi connectivity index (χ3v) is 3.25. The highest BCUT2D eigenvalue weighted by molar-refractivity contribution is 7.98. The van der Waals surface area contributed by atoms with Crippen molar-refractivity contribution in [3.05, 3.63) is 17.7 Å². The van der Waals surface area contributed by atoms with Gasteiger partial charge < -0.3 is 10.3 Å². The first-order valence-electron chi connectivity index (χ1n) is 6.09. The molecule has 1 rings (SSSR count). The summed E-state index contributed by atoms with van der Waals surface area (Å²) < 4.78 is 0. The van der Waals surface area contributed by atoms with Gasteiger partial charge in [-0.1, -0.05) is 13.8 Å². The molecule has 0 unspecified atom stereocenters. The number of nitrogen functional groups attached to an aromatic ring is 1. The Labute approximate surface area is 118 Å². The van der Waals surface area contributed by atoms with Crippen LogP contribution in [0.3, 0.4) is 0 Å². The van der Waals surface area contributed by atoms with Crippen molar-refractivity contribution >= 4 is 23.4 Å². The quantitative estimate of drug-likeness (QED) is 0.605. The minimum absolute atomic E-state index is 0.147. The lowest BCUT2D eigenvalue weighted by Crippen LogP contribution is -2.31. The van der Waals surface area contributed by atoms with Gasteiger partial charge in [0.05, 0.1) is 11.9 Å². The average molecular weight is 283 g/mol. The summed E-state index contributed by atoms with van der Waals surface area (Å²) >= 11 is 1.69. The Hall–Kier alpha value is -1.34. The van der Waals surface area contributed by atoms with Gasteiger partial charge in [-0.2, -0.15) is 11.8 Å². The summed E-state index contributed by atoms with van der Waals surface area (Å²) in [5, 5.41) is 0. The summed E-state index contributed by atoms with van der Waals surface area (Å²) in [7, 11) is 1.76. The molecule has 0 aliphatic rings. The highest BCUT2D eigenvalue weighted by Gasteiger charge is 2.19. The Morgan fingerprint density at radius 2 is 2.26 bits per heavy atom. The van der Waals surface area contributed by atoms with Gasteiger partial charge in [0.15, 0.2) is 5.69 Å². The van der Waals surface area contributed by atoms with E-state index < -0.39 is 0 Å². The molecule has 0 fully saturated rings. The molecule has 0 bridgehead atoms. The van der Waals surface area contributed by atoms with E-state index in [0.717, 1.165) is 5.75 Å². The smallest absolute Gasteiger partial charge is 0.274 e. The maximum Gasteiger partial charge on any atom is 0.274 e. The molecule has 0 aliphatic carbocycles. The lowest BCUT2D eigenvalue weighted by molar-refractivity contribution is 0.0798. The number of thioether (sulfide) groups is 1. The molecule has 3 N–H and O–H groups in total. The number of carbonyl (C=O) groups excluding carboxylic acids is 1. The molecule has 0 radical (unpaired) electrons. The molecule has 1 aromatic rings.